The molecule has 1 aliphatic rings. The molecule has 0 radical (unpaired) electrons. The lowest BCUT2D eigenvalue weighted by Crippen LogP contribution is -2.23. The summed E-state index contributed by atoms with van der Waals surface area (Å²) < 4.78 is 10.5. The van der Waals surface area contributed by atoms with Gasteiger partial charge in [0.05, 0.1) is 5.01 Å². The van der Waals surface area contributed by atoms with E-state index in [1.54, 1.807) is 5.38 Å². The Bertz CT molecular complexity index is 663. The molecule has 118 valence electrons. The molecule has 0 saturated carbocycles. The summed E-state index contributed by atoms with van der Waals surface area (Å²) in [6, 6.07) is 5.60. The van der Waals surface area contributed by atoms with Crippen molar-refractivity contribution in [3.05, 3.63) is 39.8 Å². The van der Waals surface area contributed by atoms with Gasteiger partial charge in [-0.15, -0.1) is 23.7 Å². The number of nitrogens with zero attached hydrogens (tertiary/aromatic N) is 1. The van der Waals surface area contributed by atoms with Gasteiger partial charge in [0, 0.05) is 18.3 Å². The summed E-state index contributed by atoms with van der Waals surface area (Å²) in [5.41, 5.74) is 6.85. The first-order valence-corrected chi connectivity index (χ1v) is 7.45. The first-order chi connectivity index (χ1) is 10.3. The summed E-state index contributed by atoms with van der Waals surface area (Å²) in [5, 5.41) is 5.47. The standard InChI is InChI=1S/C14H15N3O3S.ClH/c15-4-3-13-17-10(7-21-13)14(18)16-6-9-1-2-11-12(5-9)20-8-19-11;/h1-2,5,7H,3-4,6,8,15H2,(H,16,18);1H. The number of carbonyl (C=O) groups is 1. The highest BCUT2D eigenvalue weighted by molar-refractivity contribution is 7.09. The second-order valence-electron chi connectivity index (χ2n) is 4.54. The number of rotatable bonds is 5. The molecule has 2 aromatic rings. The number of amides is 1. The molecule has 1 aromatic carbocycles. The van der Waals surface area contributed by atoms with Crippen LogP contribution < -0.4 is 20.5 Å². The topological polar surface area (TPSA) is 86.5 Å². The van der Waals surface area contributed by atoms with E-state index in [-0.39, 0.29) is 25.1 Å². The van der Waals surface area contributed by atoms with E-state index >= 15 is 0 Å². The summed E-state index contributed by atoms with van der Waals surface area (Å²) in [6.07, 6.45) is 0.695. The predicted molar refractivity (Wildman–Crippen MR) is 85.9 cm³/mol. The smallest absolute Gasteiger partial charge is 0.271 e. The zero-order valence-corrected chi connectivity index (χ0v) is 13.3. The normalized spacial score (nSPS) is 11.9. The van der Waals surface area contributed by atoms with Gasteiger partial charge in [-0.3, -0.25) is 4.79 Å². The molecule has 6 nitrogen and oxygen atoms in total. The zero-order chi connectivity index (χ0) is 14.7. The summed E-state index contributed by atoms with van der Waals surface area (Å²) in [7, 11) is 0. The third-order valence-electron chi connectivity index (χ3n) is 3.03. The van der Waals surface area contributed by atoms with Crippen LogP contribution in [0.25, 0.3) is 0 Å². The van der Waals surface area contributed by atoms with Crippen molar-refractivity contribution in [2.45, 2.75) is 13.0 Å². The van der Waals surface area contributed by atoms with E-state index < -0.39 is 0 Å². The minimum Gasteiger partial charge on any atom is -0.454 e. The van der Waals surface area contributed by atoms with E-state index in [4.69, 9.17) is 15.2 Å². The maximum Gasteiger partial charge on any atom is 0.271 e. The number of fused-ring (bicyclic) bond motifs is 1. The molecule has 3 N–H and O–H groups in total. The second kappa shape index (κ2) is 7.44. The van der Waals surface area contributed by atoms with Crippen LogP contribution in [0.3, 0.4) is 0 Å². The monoisotopic (exact) mass is 341 g/mol. The molecule has 8 heteroatoms. The molecule has 0 fully saturated rings. The molecular formula is C14H16ClN3O3S. The Morgan fingerprint density at radius 3 is 3.00 bits per heavy atom. The van der Waals surface area contributed by atoms with E-state index in [1.807, 2.05) is 18.2 Å². The summed E-state index contributed by atoms with van der Waals surface area (Å²) in [4.78, 5) is 16.3. The lowest BCUT2D eigenvalue weighted by molar-refractivity contribution is 0.0946. The number of hydrogen-bond acceptors (Lipinski definition) is 6. The van der Waals surface area contributed by atoms with Gasteiger partial charge in [0.25, 0.3) is 5.91 Å². The van der Waals surface area contributed by atoms with Gasteiger partial charge < -0.3 is 20.5 Å². The Labute approximate surface area is 138 Å². The van der Waals surface area contributed by atoms with Crippen LogP contribution in [-0.4, -0.2) is 24.2 Å². The van der Waals surface area contributed by atoms with E-state index in [2.05, 4.69) is 10.3 Å². The number of thiazole rings is 1. The Kier molecular flexibility index (Phi) is 5.59. The van der Waals surface area contributed by atoms with Crippen molar-refractivity contribution in [2.75, 3.05) is 13.3 Å². The Balaban J connectivity index is 0.00000176. The van der Waals surface area contributed by atoms with Crippen molar-refractivity contribution < 1.29 is 14.3 Å². The first-order valence-electron chi connectivity index (χ1n) is 6.57. The molecule has 22 heavy (non-hydrogen) atoms. The molecule has 0 saturated heterocycles. The van der Waals surface area contributed by atoms with Crippen LogP contribution in [0.1, 0.15) is 21.1 Å². The van der Waals surface area contributed by atoms with E-state index in [9.17, 15) is 4.79 Å². The fourth-order valence-corrected chi connectivity index (χ4v) is 2.77. The van der Waals surface area contributed by atoms with Gasteiger partial charge in [-0.25, -0.2) is 4.98 Å². The minimum atomic E-state index is -0.188. The number of nitrogens with one attached hydrogen (secondary N) is 1. The number of aromatic nitrogens is 1. The largest absolute Gasteiger partial charge is 0.454 e. The number of benzene rings is 1. The maximum absolute atomic E-state index is 12.0. The van der Waals surface area contributed by atoms with Crippen molar-refractivity contribution in [3.63, 3.8) is 0 Å². The summed E-state index contributed by atoms with van der Waals surface area (Å²) in [5.74, 6) is 1.25. The molecule has 0 aliphatic carbocycles. The summed E-state index contributed by atoms with van der Waals surface area (Å²) >= 11 is 1.45. The summed E-state index contributed by atoms with van der Waals surface area (Å²) in [6.45, 7) is 1.19. The highest BCUT2D eigenvalue weighted by atomic mass is 35.5. The molecule has 0 spiro atoms. The lowest BCUT2D eigenvalue weighted by atomic mass is 10.2. The van der Waals surface area contributed by atoms with Gasteiger partial charge in [0.2, 0.25) is 6.79 Å². The van der Waals surface area contributed by atoms with Crippen LogP contribution in [-0.2, 0) is 13.0 Å². The molecule has 2 heterocycles. The number of hydrogen-bond donors (Lipinski definition) is 2. The zero-order valence-electron chi connectivity index (χ0n) is 11.7. The van der Waals surface area contributed by atoms with Crippen LogP contribution in [0.5, 0.6) is 11.5 Å². The third-order valence-corrected chi connectivity index (χ3v) is 3.94. The van der Waals surface area contributed by atoms with Crippen LogP contribution in [0.4, 0.5) is 0 Å². The second-order valence-corrected chi connectivity index (χ2v) is 5.48. The average Bonchev–Trinajstić information content (AvgIpc) is 3.13. The van der Waals surface area contributed by atoms with Crippen molar-refractivity contribution in [1.82, 2.24) is 10.3 Å². The molecular weight excluding hydrogens is 326 g/mol. The van der Waals surface area contributed by atoms with E-state index in [0.717, 1.165) is 16.3 Å². The van der Waals surface area contributed by atoms with Crippen molar-refractivity contribution in [2.24, 2.45) is 5.73 Å². The molecule has 0 unspecified atom stereocenters. The van der Waals surface area contributed by atoms with Crippen LogP contribution in [0, 0.1) is 0 Å². The van der Waals surface area contributed by atoms with Crippen LogP contribution >= 0.6 is 23.7 Å². The fourth-order valence-electron chi connectivity index (χ4n) is 1.98. The quantitative estimate of drug-likeness (QED) is 0.864. The van der Waals surface area contributed by atoms with Gasteiger partial charge in [-0.05, 0) is 24.2 Å². The van der Waals surface area contributed by atoms with Gasteiger partial charge in [0.1, 0.15) is 5.69 Å². The maximum atomic E-state index is 12.0. The van der Waals surface area contributed by atoms with E-state index in [0.29, 0.717) is 31.0 Å². The van der Waals surface area contributed by atoms with Crippen LogP contribution in [0.15, 0.2) is 23.6 Å². The minimum absolute atomic E-state index is 0. The molecule has 1 amide bonds. The number of nitrogens with two attached hydrogens (primary N) is 1. The first kappa shape index (κ1) is 16.5. The van der Waals surface area contributed by atoms with Gasteiger partial charge >= 0.3 is 0 Å². The van der Waals surface area contributed by atoms with Gasteiger partial charge in [-0.1, -0.05) is 6.07 Å². The molecule has 1 aromatic heterocycles. The number of carbonyl (C=O) groups excluding carboxylic acids is 1. The Morgan fingerprint density at radius 1 is 1.36 bits per heavy atom. The van der Waals surface area contributed by atoms with Crippen LogP contribution in [0.2, 0.25) is 0 Å². The van der Waals surface area contributed by atoms with Crippen molar-refractivity contribution in [3.8, 4) is 11.5 Å². The highest BCUT2D eigenvalue weighted by Crippen LogP contribution is 2.32. The predicted octanol–water partition coefficient (Wildman–Crippen LogP) is 1.72. The SMILES string of the molecule is Cl.NCCc1nc(C(=O)NCc2ccc3c(c2)OCO3)cs1. The van der Waals surface area contributed by atoms with Gasteiger partial charge in [-0.2, -0.15) is 0 Å². The van der Waals surface area contributed by atoms with E-state index in [1.165, 1.54) is 11.3 Å². The molecule has 0 bridgehead atoms. The van der Waals surface area contributed by atoms with Gasteiger partial charge in [0.15, 0.2) is 11.5 Å². The van der Waals surface area contributed by atoms with Crippen molar-refractivity contribution >= 4 is 29.7 Å². The average molecular weight is 342 g/mol. The molecule has 0 atom stereocenters. The number of ether oxygens (including phenoxy) is 2. The molecule has 3 rings (SSSR count). The fraction of sp³-hybridized carbons (Fsp3) is 0.286. The third kappa shape index (κ3) is 3.68. The Hall–Kier alpha value is -1.83. The van der Waals surface area contributed by atoms with Crippen molar-refractivity contribution in [1.29, 1.82) is 0 Å². The number of halogens is 1. The Morgan fingerprint density at radius 2 is 2.18 bits per heavy atom. The lowest BCUT2D eigenvalue weighted by Gasteiger charge is -2.04. The molecule has 1 aliphatic heterocycles. The highest BCUT2D eigenvalue weighted by Gasteiger charge is 2.14.